The lowest BCUT2D eigenvalue weighted by Crippen LogP contribution is -1.95. The number of aromatic nitrogens is 1. The van der Waals surface area contributed by atoms with E-state index >= 15 is 0 Å². The second-order valence-electron chi connectivity index (χ2n) is 5.50. The van der Waals surface area contributed by atoms with Crippen LogP contribution in [0.15, 0.2) is 65.6 Å². The first-order valence-corrected chi connectivity index (χ1v) is 8.90. The molecule has 0 aliphatic carbocycles. The highest BCUT2D eigenvalue weighted by atomic mass is 32.1. The van der Waals surface area contributed by atoms with Crippen LogP contribution in [0.4, 0.5) is 5.13 Å². The van der Waals surface area contributed by atoms with E-state index in [9.17, 15) is 5.11 Å². The summed E-state index contributed by atoms with van der Waals surface area (Å²) in [5.74, 6) is 0.460. The Morgan fingerprint density at radius 1 is 1.31 bits per heavy atom. The Kier molecular flexibility index (Phi) is 5.66. The van der Waals surface area contributed by atoms with Gasteiger partial charge in [-0.15, -0.1) is 17.9 Å². The maximum absolute atomic E-state index is 10.2. The predicted octanol–water partition coefficient (Wildman–Crippen LogP) is 4.70. The molecule has 3 aromatic rings. The molecule has 0 aliphatic rings. The van der Waals surface area contributed by atoms with Crippen LogP contribution in [0.25, 0.3) is 11.3 Å². The molecule has 0 saturated heterocycles. The fourth-order valence-electron chi connectivity index (χ4n) is 2.45. The third-order valence-corrected chi connectivity index (χ3v) is 4.45. The van der Waals surface area contributed by atoms with E-state index < -0.39 is 0 Å². The van der Waals surface area contributed by atoms with Crippen LogP contribution in [0.1, 0.15) is 11.1 Å². The van der Waals surface area contributed by atoms with Crippen molar-refractivity contribution in [3.8, 4) is 22.8 Å². The number of hydrogen-bond acceptors (Lipinski definition) is 6. The molecule has 3 rings (SSSR count). The molecule has 0 fully saturated rings. The van der Waals surface area contributed by atoms with Crippen molar-refractivity contribution in [3.05, 3.63) is 71.6 Å². The first-order chi connectivity index (χ1) is 12.7. The molecule has 26 heavy (non-hydrogen) atoms. The Morgan fingerprint density at radius 2 is 2.12 bits per heavy atom. The van der Waals surface area contributed by atoms with Gasteiger partial charge in [0, 0.05) is 16.5 Å². The van der Waals surface area contributed by atoms with Gasteiger partial charge in [0.2, 0.25) is 5.13 Å². The van der Waals surface area contributed by atoms with E-state index in [0.717, 1.165) is 16.8 Å². The third kappa shape index (κ3) is 4.10. The van der Waals surface area contributed by atoms with Gasteiger partial charge >= 0.3 is 0 Å². The second kappa shape index (κ2) is 8.31. The Bertz CT molecular complexity index is 920. The number of ether oxygens (including phenoxy) is 1. The van der Waals surface area contributed by atoms with Crippen molar-refractivity contribution in [2.75, 3.05) is 12.5 Å². The normalized spacial score (nSPS) is 10.8. The molecule has 0 bridgehead atoms. The number of hydrazone groups is 1. The molecule has 132 valence electrons. The van der Waals surface area contributed by atoms with Gasteiger partial charge in [-0.25, -0.2) is 4.98 Å². The van der Waals surface area contributed by atoms with Crippen molar-refractivity contribution in [1.29, 1.82) is 0 Å². The first kappa shape index (κ1) is 17.7. The summed E-state index contributed by atoms with van der Waals surface area (Å²) in [7, 11) is 1.52. The number of aromatic hydroxyl groups is 1. The van der Waals surface area contributed by atoms with Crippen molar-refractivity contribution in [3.63, 3.8) is 0 Å². The van der Waals surface area contributed by atoms with Crippen LogP contribution in [-0.2, 0) is 6.42 Å². The van der Waals surface area contributed by atoms with Gasteiger partial charge < -0.3 is 9.84 Å². The Balaban J connectivity index is 1.76. The van der Waals surface area contributed by atoms with Crippen LogP contribution in [0.3, 0.4) is 0 Å². The summed E-state index contributed by atoms with van der Waals surface area (Å²) in [5.41, 5.74) is 6.40. The van der Waals surface area contributed by atoms with Gasteiger partial charge in [0.25, 0.3) is 0 Å². The van der Waals surface area contributed by atoms with Crippen LogP contribution in [0.2, 0.25) is 0 Å². The molecule has 2 N–H and O–H groups in total. The molecule has 0 spiro atoms. The summed E-state index contributed by atoms with van der Waals surface area (Å²) in [4.78, 5) is 4.51. The predicted molar refractivity (Wildman–Crippen MR) is 107 cm³/mol. The Hall–Kier alpha value is -3.12. The third-order valence-electron chi connectivity index (χ3n) is 3.70. The summed E-state index contributed by atoms with van der Waals surface area (Å²) in [6.07, 6.45) is 4.03. The van der Waals surface area contributed by atoms with E-state index in [4.69, 9.17) is 4.74 Å². The van der Waals surface area contributed by atoms with Crippen molar-refractivity contribution in [1.82, 2.24) is 4.98 Å². The largest absolute Gasteiger partial charge is 0.504 e. The van der Waals surface area contributed by atoms with Gasteiger partial charge in [-0.2, -0.15) is 5.10 Å². The van der Waals surface area contributed by atoms with Crippen LogP contribution in [-0.4, -0.2) is 23.4 Å². The number of methoxy groups -OCH3 is 1. The van der Waals surface area contributed by atoms with Gasteiger partial charge in [-0.05, 0) is 24.1 Å². The van der Waals surface area contributed by atoms with Gasteiger partial charge in [-0.3, -0.25) is 5.43 Å². The summed E-state index contributed by atoms with van der Waals surface area (Å²) >= 11 is 1.47. The second-order valence-corrected chi connectivity index (χ2v) is 6.36. The van der Waals surface area contributed by atoms with Crippen LogP contribution in [0.5, 0.6) is 11.5 Å². The molecular formula is C20H19N3O2S. The molecule has 0 radical (unpaired) electrons. The molecular weight excluding hydrogens is 346 g/mol. The molecule has 1 heterocycles. The number of benzene rings is 2. The minimum Gasteiger partial charge on any atom is -0.504 e. The zero-order valence-corrected chi connectivity index (χ0v) is 15.2. The highest BCUT2D eigenvalue weighted by Crippen LogP contribution is 2.31. The van der Waals surface area contributed by atoms with Crippen LogP contribution in [0, 0.1) is 0 Å². The van der Waals surface area contributed by atoms with Gasteiger partial charge in [0.15, 0.2) is 11.5 Å². The van der Waals surface area contributed by atoms with Crippen molar-refractivity contribution >= 4 is 22.7 Å². The Labute approximate surface area is 156 Å². The number of phenols is 1. The van der Waals surface area contributed by atoms with Crippen LogP contribution < -0.4 is 10.2 Å². The summed E-state index contributed by atoms with van der Waals surface area (Å²) < 4.78 is 5.21. The molecule has 6 heteroatoms. The maximum atomic E-state index is 10.2. The first-order valence-electron chi connectivity index (χ1n) is 8.02. The van der Waals surface area contributed by atoms with E-state index in [1.54, 1.807) is 18.4 Å². The number of anilines is 1. The van der Waals surface area contributed by atoms with Crippen LogP contribution >= 0.6 is 11.3 Å². The zero-order chi connectivity index (χ0) is 18.4. The number of thiazole rings is 1. The zero-order valence-electron chi connectivity index (χ0n) is 14.3. The monoisotopic (exact) mass is 365 g/mol. The Morgan fingerprint density at radius 3 is 2.85 bits per heavy atom. The van der Waals surface area contributed by atoms with Crippen molar-refractivity contribution in [2.24, 2.45) is 5.10 Å². The molecule has 0 unspecified atom stereocenters. The summed E-state index contributed by atoms with van der Waals surface area (Å²) in [6.45, 7) is 3.74. The number of nitrogens with one attached hydrogen (secondary N) is 1. The molecule has 0 saturated carbocycles. The molecule has 5 nitrogen and oxygen atoms in total. The average Bonchev–Trinajstić information content (AvgIpc) is 3.14. The number of nitrogens with zero attached hydrogens (tertiary/aromatic N) is 2. The molecule has 0 amide bonds. The number of hydrogen-bond donors (Lipinski definition) is 2. The topological polar surface area (TPSA) is 66.7 Å². The highest BCUT2D eigenvalue weighted by molar-refractivity contribution is 7.14. The van der Waals surface area contributed by atoms with E-state index in [2.05, 4.69) is 22.1 Å². The van der Waals surface area contributed by atoms with Gasteiger partial charge in [-0.1, -0.05) is 36.4 Å². The number of allylic oxidation sites excluding steroid dienone is 1. The highest BCUT2D eigenvalue weighted by Gasteiger charge is 2.09. The molecule has 1 aromatic heterocycles. The van der Waals surface area contributed by atoms with Gasteiger partial charge in [0.1, 0.15) is 0 Å². The minimum atomic E-state index is 0.0509. The molecule has 0 aliphatic heterocycles. The fraction of sp³-hybridized carbons (Fsp3) is 0.100. The standard InChI is InChI=1S/C20H19N3O2S/c1-3-7-14-10-16(19(24)18(11-14)25-2)12-21-23-20-22-17(13-26-20)15-8-5-4-6-9-15/h3-6,8-13,24H,1,7H2,2H3,(H,22,23). The lowest BCUT2D eigenvalue weighted by molar-refractivity contribution is 0.372. The SMILES string of the molecule is C=CCc1cc(C=NNc2nc(-c3ccccc3)cs2)c(O)c(OC)c1. The average molecular weight is 365 g/mol. The lowest BCUT2D eigenvalue weighted by atomic mass is 10.1. The number of rotatable bonds is 7. The van der Waals surface area contributed by atoms with Gasteiger partial charge in [0.05, 0.1) is 19.0 Å². The quantitative estimate of drug-likeness (QED) is 0.362. The smallest absolute Gasteiger partial charge is 0.203 e. The number of phenolic OH excluding ortho intramolecular Hbond substituents is 1. The fourth-order valence-corrected chi connectivity index (χ4v) is 3.12. The van der Waals surface area contributed by atoms with Crippen molar-refractivity contribution < 1.29 is 9.84 Å². The summed E-state index contributed by atoms with van der Waals surface area (Å²) in [5, 5.41) is 17.1. The molecule has 2 aromatic carbocycles. The lowest BCUT2D eigenvalue weighted by Gasteiger charge is -2.08. The van der Waals surface area contributed by atoms with E-state index in [1.807, 2.05) is 41.8 Å². The van der Waals surface area contributed by atoms with E-state index in [0.29, 0.717) is 22.9 Å². The van der Waals surface area contributed by atoms with E-state index in [-0.39, 0.29) is 5.75 Å². The molecule has 0 atom stereocenters. The minimum absolute atomic E-state index is 0.0509. The summed E-state index contributed by atoms with van der Waals surface area (Å²) in [6, 6.07) is 13.6. The maximum Gasteiger partial charge on any atom is 0.203 e. The van der Waals surface area contributed by atoms with Crippen molar-refractivity contribution in [2.45, 2.75) is 6.42 Å². The van der Waals surface area contributed by atoms with E-state index in [1.165, 1.54) is 18.4 Å².